The first kappa shape index (κ1) is 30.4. The van der Waals surface area contributed by atoms with Crippen LogP contribution in [0.3, 0.4) is 0 Å². The second-order valence-electron chi connectivity index (χ2n) is 13.3. The summed E-state index contributed by atoms with van der Waals surface area (Å²) >= 11 is 1.88. The summed E-state index contributed by atoms with van der Waals surface area (Å²) in [4.78, 5) is 2.44. The number of nitrogens with zero attached hydrogens (tertiary/aromatic N) is 1. The Hall–Kier alpha value is -6.48. The highest BCUT2D eigenvalue weighted by molar-refractivity contribution is 7.26. The van der Waals surface area contributed by atoms with Gasteiger partial charge in [0.25, 0.3) is 0 Å². The molecular weight excluding hydrogens is 647 g/mol. The van der Waals surface area contributed by atoms with E-state index < -0.39 is 0 Å². The molecule has 0 N–H and O–H groups in total. The molecule has 1 heterocycles. The molecule has 0 amide bonds. The molecule has 0 aliphatic rings. The molecule has 1 aromatic heterocycles. The molecule has 0 bridgehead atoms. The Morgan fingerprint density at radius 2 is 0.808 bits per heavy atom. The number of fused-ring (bicyclic) bond motifs is 5. The molecule has 0 saturated heterocycles. The molecule has 0 spiro atoms. The molecule has 10 aromatic rings. The Labute approximate surface area is 307 Å². The minimum absolute atomic E-state index is 1.12. The lowest BCUT2D eigenvalue weighted by molar-refractivity contribution is 1.30. The summed E-state index contributed by atoms with van der Waals surface area (Å²) in [7, 11) is 0. The van der Waals surface area contributed by atoms with Crippen molar-refractivity contribution in [3.05, 3.63) is 200 Å². The van der Waals surface area contributed by atoms with Gasteiger partial charge in [0.05, 0.1) is 5.69 Å². The van der Waals surface area contributed by atoms with Gasteiger partial charge in [-0.05, 0) is 91.3 Å². The molecule has 9 aromatic carbocycles. The van der Waals surface area contributed by atoms with Crippen molar-refractivity contribution in [1.29, 1.82) is 0 Å². The van der Waals surface area contributed by atoms with Crippen LogP contribution in [-0.2, 0) is 0 Å². The normalized spacial score (nSPS) is 11.5. The van der Waals surface area contributed by atoms with Crippen LogP contribution >= 0.6 is 11.3 Å². The van der Waals surface area contributed by atoms with E-state index >= 15 is 0 Å². The summed E-state index contributed by atoms with van der Waals surface area (Å²) in [6.07, 6.45) is 0. The van der Waals surface area contributed by atoms with Gasteiger partial charge in [-0.25, -0.2) is 0 Å². The number of hydrogen-bond acceptors (Lipinski definition) is 2. The zero-order valence-corrected chi connectivity index (χ0v) is 29.2. The quantitative estimate of drug-likeness (QED) is 0.169. The van der Waals surface area contributed by atoms with E-state index in [4.69, 9.17) is 0 Å². The van der Waals surface area contributed by atoms with E-state index in [1.165, 1.54) is 80.8 Å². The summed E-state index contributed by atoms with van der Waals surface area (Å²) in [5.74, 6) is 0. The van der Waals surface area contributed by atoms with E-state index in [9.17, 15) is 0 Å². The van der Waals surface area contributed by atoms with Gasteiger partial charge in [0.2, 0.25) is 0 Å². The third-order valence-corrected chi connectivity index (χ3v) is 11.5. The zero-order chi connectivity index (χ0) is 34.4. The van der Waals surface area contributed by atoms with Crippen molar-refractivity contribution < 1.29 is 0 Å². The summed E-state index contributed by atoms with van der Waals surface area (Å²) in [5.41, 5.74) is 10.8. The Kier molecular flexibility index (Phi) is 7.41. The Morgan fingerprint density at radius 3 is 1.40 bits per heavy atom. The monoisotopic (exact) mass is 679 g/mol. The minimum Gasteiger partial charge on any atom is -0.310 e. The van der Waals surface area contributed by atoms with Gasteiger partial charge in [-0.2, -0.15) is 0 Å². The molecule has 10 rings (SSSR count). The highest BCUT2D eigenvalue weighted by Crippen LogP contribution is 2.48. The minimum atomic E-state index is 1.12. The van der Waals surface area contributed by atoms with E-state index in [0.29, 0.717) is 0 Å². The van der Waals surface area contributed by atoms with E-state index in [0.717, 1.165) is 11.4 Å². The fourth-order valence-corrected chi connectivity index (χ4v) is 9.06. The van der Waals surface area contributed by atoms with Crippen molar-refractivity contribution >= 4 is 70.1 Å². The van der Waals surface area contributed by atoms with Gasteiger partial charge in [0.1, 0.15) is 0 Å². The van der Waals surface area contributed by atoms with Crippen molar-refractivity contribution in [2.24, 2.45) is 0 Å². The van der Waals surface area contributed by atoms with Crippen molar-refractivity contribution in [1.82, 2.24) is 0 Å². The SMILES string of the molecule is c1ccc(-c2ccc(N(c3ccc(-c4cccc5ccccc45)cc3)c3ccc(-c4cccc5ccccc45)cc3)c3c2sc2ccccc23)cc1. The van der Waals surface area contributed by atoms with Crippen molar-refractivity contribution in [3.63, 3.8) is 0 Å². The fraction of sp³-hybridized carbons (Fsp3) is 0. The molecular formula is C50H33NS. The Morgan fingerprint density at radius 1 is 0.327 bits per heavy atom. The van der Waals surface area contributed by atoms with Gasteiger partial charge >= 0.3 is 0 Å². The molecule has 0 radical (unpaired) electrons. The van der Waals surface area contributed by atoms with Crippen LogP contribution in [0.1, 0.15) is 0 Å². The lowest BCUT2D eigenvalue weighted by Gasteiger charge is -2.27. The molecule has 2 heteroatoms. The third kappa shape index (κ3) is 5.16. The maximum Gasteiger partial charge on any atom is 0.0555 e. The van der Waals surface area contributed by atoms with Gasteiger partial charge in [0, 0.05) is 31.5 Å². The standard InChI is InChI=1S/C50H33NS/c1-2-12-36(13-3-1)45-32-33-47(49-46-20-8-9-23-48(46)52-50(45)49)51(39-28-24-37(25-29-39)43-21-10-16-34-14-4-6-18-41(34)43)40-30-26-38(27-31-40)44-22-11-17-35-15-5-7-19-42(35)44/h1-33H. The molecule has 244 valence electrons. The number of anilines is 3. The number of thiophene rings is 1. The number of hydrogen-bond donors (Lipinski definition) is 0. The Bertz CT molecular complexity index is 2750. The number of benzene rings is 9. The molecule has 0 saturated carbocycles. The van der Waals surface area contributed by atoms with Crippen LogP contribution in [0, 0.1) is 0 Å². The fourth-order valence-electron chi connectivity index (χ4n) is 7.80. The average molecular weight is 680 g/mol. The van der Waals surface area contributed by atoms with Crippen LogP contribution in [0.5, 0.6) is 0 Å². The Balaban J connectivity index is 1.17. The van der Waals surface area contributed by atoms with Gasteiger partial charge in [-0.15, -0.1) is 11.3 Å². The van der Waals surface area contributed by atoms with Crippen molar-refractivity contribution in [2.75, 3.05) is 4.90 Å². The van der Waals surface area contributed by atoms with Crippen LogP contribution in [0.25, 0.3) is 75.1 Å². The number of rotatable bonds is 6. The summed E-state index contributed by atoms with van der Waals surface area (Å²) < 4.78 is 2.59. The van der Waals surface area contributed by atoms with E-state index in [1.54, 1.807) is 0 Å². The maximum atomic E-state index is 2.44. The van der Waals surface area contributed by atoms with Crippen LogP contribution in [0.15, 0.2) is 200 Å². The molecule has 0 atom stereocenters. The predicted octanol–water partition coefficient (Wildman–Crippen LogP) is 14.8. The van der Waals surface area contributed by atoms with Crippen LogP contribution in [0.2, 0.25) is 0 Å². The second kappa shape index (κ2) is 12.7. The molecule has 0 aliphatic heterocycles. The van der Waals surface area contributed by atoms with Crippen LogP contribution < -0.4 is 4.90 Å². The van der Waals surface area contributed by atoms with Gasteiger partial charge in [0.15, 0.2) is 0 Å². The van der Waals surface area contributed by atoms with E-state index in [-0.39, 0.29) is 0 Å². The maximum absolute atomic E-state index is 2.44. The first-order valence-electron chi connectivity index (χ1n) is 17.8. The molecule has 0 aliphatic carbocycles. The lowest BCUT2D eigenvalue weighted by Crippen LogP contribution is -2.10. The van der Waals surface area contributed by atoms with Gasteiger partial charge in [-0.3, -0.25) is 0 Å². The zero-order valence-electron chi connectivity index (χ0n) is 28.4. The summed E-state index contributed by atoms with van der Waals surface area (Å²) in [6.45, 7) is 0. The largest absolute Gasteiger partial charge is 0.310 e. The van der Waals surface area contributed by atoms with E-state index in [1.807, 2.05) is 11.3 Å². The van der Waals surface area contributed by atoms with Gasteiger partial charge < -0.3 is 4.90 Å². The molecule has 0 unspecified atom stereocenters. The van der Waals surface area contributed by atoms with Crippen molar-refractivity contribution in [3.8, 4) is 33.4 Å². The van der Waals surface area contributed by atoms with Crippen molar-refractivity contribution in [2.45, 2.75) is 0 Å². The first-order valence-corrected chi connectivity index (χ1v) is 18.6. The lowest BCUT2D eigenvalue weighted by atomic mass is 9.97. The second-order valence-corrected chi connectivity index (χ2v) is 14.3. The summed E-state index contributed by atoms with van der Waals surface area (Å²) in [5, 5.41) is 7.59. The first-order chi connectivity index (χ1) is 25.8. The highest BCUT2D eigenvalue weighted by atomic mass is 32.1. The molecule has 0 fully saturated rings. The average Bonchev–Trinajstić information content (AvgIpc) is 3.62. The topological polar surface area (TPSA) is 3.24 Å². The molecule has 1 nitrogen and oxygen atoms in total. The smallest absolute Gasteiger partial charge is 0.0555 e. The third-order valence-electron chi connectivity index (χ3n) is 10.3. The highest BCUT2D eigenvalue weighted by Gasteiger charge is 2.21. The van der Waals surface area contributed by atoms with E-state index in [2.05, 4.69) is 205 Å². The van der Waals surface area contributed by atoms with Gasteiger partial charge in [-0.1, -0.05) is 164 Å². The van der Waals surface area contributed by atoms with Crippen LogP contribution in [-0.4, -0.2) is 0 Å². The predicted molar refractivity (Wildman–Crippen MR) is 225 cm³/mol. The molecule has 52 heavy (non-hydrogen) atoms. The van der Waals surface area contributed by atoms with Crippen LogP contribution in [0.4, 0.5) is 17.1 Å². The summed E-state index contributed by atoms with van der Waals surface area (Å²) in [6, 6.07) is 72.9.